The van der Waals surface area contributed by atoms with Crippen LogP contribution < -0.4 is 11.3 Å². The van der Waals surface area contributed by atoms with Gasteiger partial charge in [-0.3, -0.25) is 9.78 Å². The van der Waals surface area contributed by atoms with E-state index in [-0.39, 0.29) is 11.5 Å². The van der Waals surface area contributed by atoms with E-state index < -0.39 is 30.5 Å². The maximum atomic E-state index is 11.4. The summed E-state index contributed by atoms with van der Waals surface area (Å²) in [7, 11) is 1.27. The molecule has 0 amide bonds. The minimum absolute atomic E-state index is 0.0918. The minimum Gasteiger partial charge on any atom is -0.394 e. The molecule has 96 valence electrons. The van der Waals surface area contributed by atoms with E-state index >= 15 is 0 Å². The van der Waals surface area contributed by atoms with Crippen LogP contribution in [0.1, 0.15) is 11.7 Å². The van der Waals surface area contributed by atoms with Crippen molar-refractivity contribution in [3.05, 3.63) is 22.1 Å². The zero-order chi connectivity index (χ0) is 13.0. The lowest BCUT2D eigenvalue weighted by Crippen LogP contribution is -2.38. The van der Waals surface area contributed by atoms with Gasteiger partial charge in [0, 0.05) is 13.3 Å². The van der Waals surface area contributed by atoms with Crippen LogP contribution in [0.15, 0.2) is 11.0 Å². The fraction of sp³-hybridized carbons (Fsp3) is 0.556. The summed E-state index contributed by atoms with van der Waals surface area (Å²) in [5.74, 6) is -0.0918. The van der Waals surface area contributed by atoms with Crippen LogP contribution in [0.3, 0.4) is 0 Å². The summed E-state index contributed by atoms with van der Waals surface area (Å²) in [6, 6.07) is 0. The van der Waals surface area contributed by atoms with Gasteiger partial charge in [-0.05, 0) is 0 Å². The topological polar surface area (TPSA) is 142 Å². The number of nitrogen functional groups attached to an aromatic ring is 1. The summed E-state index contributed by atoms with van der Waals surface area (Å²) in [6.07, 6.45) is -2.91. The number of nitrogens with two attached hydrogens (primary N) is 1. The molecule has 6 N–H and O–H groups in total. The molecule has 3 atom stereocenters. The lowest BCUT2D eigenvalue weighted by Gasteiger charge is -2.23. The van der Waals surface area contributed by atoms with Crippen molar-refractivity contribution in [2.24, 2.45) is 0 Å². The largest absolute Gasteiger partial charge is 0.394 e. The molecule has 0 spiro atoms. The van der Waals surface area contributed by atoms with Crippen molar-refractivity contribution < 1.29 is 20.1 Å². The summed E-state index contributed by atoms with van der Waals surface area (Å²) >= 11 is 0. The van der Waals surface area contributed by atoms with Gasteiger partial charge in [0.05, 0.1) is 12.2 Å². The average Bonchev–Trinajstić information content (AvgIpc) is 2.29. The minimum atomic E-state index is -1.52. The fourth-order valence-corrected chi connectivity index (χ4v) is 1.34. The second kappa shape index (κ2) is 5.73. The summed E-state index contributed by atoms with van der Waals surface area (Å²) in [6.45, 7) is -0.491. The number of aliphatic hydroxyl groups excluding tert-OH is 3. The number of anilines is 1. The zero-order valence-corrected chi connectivity index (χ0v) is 9.20. The average molecular weight is 245 g/mol. The Morgan fingerprint density at radius 2 is 2.24 bits per heavy atom. The highest BCUT2D eigenvalue weighted by molar-refractivity contribution is 5.19. The van der Waals surface area contributed by atoms with Gasteiger partial charge in [0.1, 0.15) is 18.3 Å². The van der Waals surface area contributed by atoms with E-state index in [9.17, 15) is 15.0 Å². The number of methoxy groups -OCH3 is 1. The van der Waals surface area contributed by atoms with Crippen LogP contribution in [0.4, 0.5) is 5.95 Å². The first-order valence-corrected chi connectivity index (χ1v) is 4.85. The molecule has 8 heteroatoms. The van der Waals surface area contributed by atoms with Crippen molar-refractivity contribution in [3.8, 4) is 0 Å². The quantitative estimate of drug-likeness (QED) is 0.394. The number of aromatic amines is 1. The van der Waals surface area contributed by atoms with E-state index in [1.807, 2.05) is 0 Å². The predicted molar refractivity (Wildman–Crippen MR) is 58.1 cm³/mol. The number of nitrogens with zero attached hydrogens (tertiary/aromatic N) is 1. The van der Waals surface area contributed by atoms with E-state index in [1.54, 1.807) is 0 Å². The number of aromatic nitrogens is 2. The highest BCUT2D eigenvalue weighted by Crippen LogP contribution is 2.16. The molecule has 0 bridgehead atoms. The molecule has 8 nitrogen and oxygen atoms in total. The Labute approximate surface area is 96.7 Å². The number of hydrogen-bond acceptors (Lipinski definition) is 7. The molecule has 0 saturated carbocycles. The van der Waals surface area contributed by atoms with E-state index in [0.717, 1.165) is 6.20 Å². The summed E-state index contributed by atoms with van der Waals surface area (Å²) < 4.78 is 4.75. The first-order valence-electron chi connectivity index (χ1n) is 4.85. The Bertz CT molecular complexity index is 417. The molecule has 0 aliphatic rings. The van der Waals surface area contributed by atoms with Crippen LogP contribution in [-0.2, 0) is 4.74 Å². The third kappa shape index (κ3) is 3.01. The van der Waals surface area contributed by atoms with Gasteiger partial charge >= 0.3 is 0 Å². The Morgan fingerprint density at radius 1 is 1.59 bits per heavy atom. The second-order valence-corrected chi connectivity index (χ2v) is 3.45. The van der Waals surface area contributed by atoms with E-state index in [0.29, 0.717) is 0 Å². The van der Waals surface area contributed by atoms with Gasteiger partial charge in [-0.2, -0.15) is 0 Å². The third-order valence-electron chi connectivity index (χ3n) is 2.35. The Balaban J connectivity index is 2.95. The Kier molecular flexibility index (Phi) is 4.58. The molecule has 3 unspecified atom stereocenters. The number of H-pyrrole nitrogens is 1. The number of hydrogen-bond donors (Lipinski definition) is 5. The molecule has 1 heterocycles. The van der Waals surface area contributed by atoms with E-state index in [1.165, 1.54) is 7.11 Å². The number of ether oxygens (including phenoxy) is 1. The molecule has 1 aromatic heterocycles. The van der Waals surface area contributed by atoms with Gasteiger partial charge in [0.15, 0.2) is 5.95 Å². The molecular formula is C9H15N3O5. The van der Waals surface area contributed by atoms with Crippen LogP contribution in [0.25, 0.3) is 0 Å². The van der Waals surface area contributed by atoms with Crippen LogP contribution in [-0.4, -0.2) is 51.2 Å². The first-order chi connectivity index (χ1) is 8.01. The van der Waals surface area contributed by atoms with Crippen molar-refractivity contribution >= 4 is 5.95 Å². The number of nitrogens with one attached hydrogen (secondary N) is 1. The maximum absolute atomic E-state index is 11.4. The van der Waals surface area contributed by atoms with E-state index in [2.05, 4.69) is 9.97 Å². The molecule has 17 heavy (non-hydrogen) atoms. The summed E-state index contributed by atoms with van der Waals surface area (Å²) in [4.78, 5) is 17.2. The molecule has 0 radical (unpaired) electrons. The standard InChI is InChI=1S/C9H15N3O5/c1-17-5(3-13)7(15)6(14)4-2-11-9(10)12-8(4)16/h2,5-7,13-15H,3H2,1H3,(H3,10,11,12,16). The van der Waals surface area contributed by atoms with Crippen molar-refractivity contribution in [1.29, 1.82) is 0 Å². The second-order valence-electron chi connectivity index (χ2n) is 3.45. The molecule has 0 aromatic carbocycles. The Hall–Kier alpha value is -1.48. The number of rotatable bonds is 5. The highest BCUT2D eigenvalue weighted by Gasteiger charge is 2.29. The lowest BCUT2D eigenvalue weighted by atomic mass is 10.0. The normalized spacial score (nSPS) is 16.5. The maximum Gasteiger partial charge on any atom is 0.258 e. The van der Waals surface area contributed by atoms with Crippen LogP contribution >= 0.6 is 0 Å². The fourth-order valence-electron chi connectivity index (χ4n) is 1.34. The van der Waals surface area contributed by atoms with Gasteiger partial charge in [0.25, 0.3) is 5.56 Å². The number of aliphatic hydroxyl groups is 3. The van der Waals surface area contributed by atoms with Gasteiger partial charge in [-0.25, -0.2) is 4.98 Å². The van der Waals surface area contributed by atoms with Crippen molar-refractivity contribution in [2.45, 2.75) is 18.3 Å². The Morgan fingerprint density at radius 3 is 2.71 bits per heavy atom. The summed E-state index contributed by atoms with van der Waals surface area (Å²) in [5.41, 5.74) is 4.43. The van der Waals surface area contributed by atoms with E-state index in [4.69, 9.17) is 15.6 Å². The highest BCUT2D eigenvalue weighted by atomic mass is 16.5. The van der Waals surface area contributed by atoms with Gasteiger partial charge in [-0.15, -0.1) is 0 Å². The van der Waals surface area contributed by atoms with Gasteiger partial charge in [-0.1, -0.05) is 0 Å². The van der Waals surface area contributed by atoms with Crippen molar-refractivity contribution in [1.82, 2.24) is 9.97 Å². The SMILES string of the molecule is COC(CO)C(O)C(O)c1cnc(N)[nH]c1=O. The molecule has 1 rings (SSSR count). The molecule has 0 aliphatic carbocycles. The first kappa shape index (κ1) is 13.6. The molecular weight excluding hydrogens is 230 g/mol. The molecule has 1 aromatic rings. The van der Waals surface area contributed by atoms with Crippen LogP contribution in [0.2, 0.25) is 0 Å². The monoisotopic (exact) mass is 245 g/mol. The van der Waals surface area contributed by atoms with Crippen molar-refractivity contribution in [3.63, 3.8) is 0 Å². The smallest absolute Gasteiger partial charge is 0.258 e. The van der Waals surface area contributed by atoms with Gasteiger partial charge in [0.2, 0.25) is 0 Å². The predicted octanol–water partition coefficient (Wildman–Crippen LogP) is -2.25. The van der Waals surface area contributed by atoms with Crippen LogP contribution in [0, 0.1) is 0 Å². The lowest BCUT2D eigenvalue weighted by molar-refractivity contribution is -0.0942. The zero-order valence-electron chi connectivity index (χ0n) is 9.20. The molecule has 0 saturated heterocycles. The summed E-state index contributed by atoms with van der Waals surface area (Å²) in [5, 5.41) is 28.3. The molecule has 0 fully saturated rings. The van der Waals surface area contributed by atoms with Crippen LogP contribution in [0.5, 0.6) is 0 Å². The molecule has 0 aliphatic heterocycles. The third-order valence-corrected chi connectivity index (χ3v) is 2.35. The van der Waals surface area contributed by atoms with Crippen molar-refractivity contribution in [2.75, 3.05) is 19.5 Å². The van der Waals surface area contributed by atoms with Gasteiger partial charge < -0.3 is 25.8 Å².